The van der Waals surface area contributed by atoms with Gasteiger partial charge in [-0.1, -0.05) is 38.8 Å². The van der Waals surface area contributed by atoms with Crippen LogP contribution < -0.4 is 0 Å². The average molecular weight is 196 g/mol. The van der Waals surface area contributed by atoms with Gasteiger partial charge in [0, 0.05) is 5.92 Å². The van der Waals surface area contributed by atoms with Crippen LogP contribution in [0, 0.1) is 11.8 Å². The third-order valence-corrected chi connectivity index (χ3v) is 2.92. The Kier molecular flexibility index (Phi) is 6.52. The van der Waals surface area contributed by atoms with Gasteiger partial charge in [-0.05, 0) is 32.6 Å². The summed E-state index contributed by atoms with van der Waals surface area (Å²) in [6.45, 7) is 11.7. The van der Waals surface area contributed by atoms with E-state index < -0.39 is 0 Å². The molecule has 2 atom stereocenters. The number of ketones is 1. The first-order valence-corrected chi connectivity index (χ1v) is 5.78. The van der Waals surface area contributed by atoms with Crippen molar-refractivity contribution < 1.29 is 4.79 Å². The van der Waals surface area contributed by atoms with E-state index in [1.54, 1.807) is 6.92 Å². The normalized spacial score (nSPS) is 26.0. The van der Waals surface area contributed by atoms with E-state index in [0.717, 1.165) is 6.42 Å². The monoisotopic (exact) mass is 196 g/mol. The maximum atomic E-state index is 11.3. The first-order valence-electron chi connectivity index (χ1n) is 5.78. The van der Waals surface area contributed by atoms with E-state index in [-0.39, 0.29) is 5.92 Å². The van der Waals surface area contributed by atoms with Crippen molar-refractivity contribution in [3.8, 4) is 0 Å². The summed E-state index contributed by atoms with van der Waals surface area (Å²) in [5.41, 5.74) is 1.19. The quantitative estimate of drug-likeness (QED) is 0.610. The molecule has 1 rings (SSSR count). The Labute approximate surface area is 88.6 Å². The van der Waals surface area contributed by atoms with Gasteiger partial charge in [0.1, 0.15) is 5.78 Å². The van der Waals surface area contributed by atoms with Gasteiger partial charge in [-0.3, -0.25) is 4.79 Å². The van der Waals surface area contributed by atoms with Gasteiger partial charge in [-0.25, -0.2) is 0 Å². The molecular weight excluding hydrogens is 172 g/mol. The Morgan fingerprint density at radius 1 is 1.07 bits per heavy atom. The topological polar surface area (TPSA) is 17.1 Å². The minimum atomic E-state index is 0.274. The molecule has 2 unspecified atom stereocenters. The van der Waals surface area contributed by atoms with Gasteiger partial charge >= 0.3 is 0 Å². The van der Waals surface area contributed by atoms with Gasteiger partial charge in [0.25, 0.3) is 0 Å². The predicted molar refractivity (Wildman–Crippen MR) is 62.3 cm³/mol. The van der Waals surface area contributed by atoms with Gasteiger partial charge in [0.15, 0.2) is 0 Å². The lowest BCUT2D eigenvalue weighted by atomic mass is 9.74. The Balaban J connectivity index is 0.000000791. The summed E-state index contributed by atoms with van der Waals surface area (Å²) in [7, 11) is 0. The molecule has 0 aromatic rings. The van der Waals surface area contributed by atoms with Crippen LogP contribution in [0.25, 0.3) is 0 Å². The smallest absolute Gasteiger partial charge is 0.133 e. The van der Waals surface area contributed by atoms with Crippen LogP contribution in [0.2, 0.25) is 0 Å². The number of carbonyl (C=O) groups is 1. The minimum absolute atomic E-state index is 0.274. The second-order valence-corrected chi connectivity index (χ2v) is 3.95. The van der Waals surface area contributed by atoms with Crippen molar-refractivity contribution in [1.82, 2.24) is 0 Å². The summed E-state index contributed by atoms with van der Waals surface area (Å²) in [5, 5.41) is 0. The predicted octanol–water partition coefficient (Wildman–Crippen LogP) is 3.98. The number of allylic oxidation sites excluding steroid dienone is 1. The summed E-state index contributed by atoms with van der Waals surface area (Å²) in [6, 6.07) is 0. The number of hydrogen-bond acceptors (Lipinski definition) is 1. The number of Topliss-reactive ketones (excluding diaryl/α,β-unsaturated/α-hetero) is 1. The van der Waals surface area contributed by atoms with Crippen LogP contribution in [-0.4, -0.2) is 5.78 Å². The summed E-state index contributed by atoms with van der Waals surface area (Å²) >= 11 is 0. The molecule has 0 spiro atoms. The van der Waals surface area contributed by atoms with Crippen LogP contribution in [0.5, 0.6) is 0 Å². The molecule has 0 amide bonds. The molecule has 82 valence electrons. The molecule has 0 aliphatic heterocycles. The van der Waals surface area contributed by atoms with E-state index in [2.05, 4.69) is 6.58 Å². The molecule has 0 heterocycles. The van der Waals surface area contributed by atoms with E-state index in [9.17, 15) is 4.79 Å². The molecule has 1 saturated carbocycles. The Morgan fingerprint density at radius 2 is 1.50 bits per heavy atom. The van der Waals surface area contributed by atoms with Crippen molar-refractivity contribution in [2.75, 3.05) is 0 Å². The summed E-state index contributed by atoms with van der Waals surface area (Å²) in [6.07, 6.45) is 4.72. The van der Waals surface area contributed by atoms with Crippen LogP contribution in [0.3, 0.4) is 0 Å². The largest absolute Gasteiger partial charge is 0.300 e. The number of carbonyl (C=O) groups excluding carboxylic acids is 1. The highest BCUT2D eigenvalue weighted by Crippen LogP contribution is 2.34. The summed E-state index contributed by atoms with van der Waals surface area (Å²) in [5.74, 6) is 1.09. The van der Waals surface area contributed by atoms with Crippen molar-refractivity contribution in [1.29, 1.82) is 0 Å². The first kappa shape index (κ1) is 13.4. The third kappa shape index (κ3) is 3.65. The van der Waals surface area contributed by atoms with Crippen molar-refractivity contribution in [3.63, 3.8) is 0 Å². The lowest BCUT2D eigenvalue weighted by Crippen LogP contribution is -2.25. The molecule has 1 aliphatic carbocycles. The third-order valence-electron chi connectivity index (χ3n) is 2.92. The molecule has 0 bridgehead atoms. The zero-order valence-corrected chi connectivity index (χ0v) is 10.1. The molecular formula is C13H24O. The van der Waals surface area contributed by atoms with Crippen molar-refractivity contribution in [2.24, 2.45) is 11.8 Å². The van der Waals surface area contributed by atoms with E-state index in [4.69, 9.17) is 0 Å². The van der Waals surface area contributed by atoms with Crippen LogP contribution in [0.1, 0.15) is 53.4 Å². The fourth-order valence-corrected chi connectivity index (χ4v) is 2.21. The zero-order chi connectivity index (χ0) is 11.1. The summed E-state index contributed by atoms with van der Waals surface area (Å²) in [4.78, 5) is 11.3. The van der Waals surface area contributed by atoms with Gasteiger partial charge in [-0.15, -0.1) is 0 Å². The van der Waals surface area contributed by atoms with Crippen molar-refractivity contribution in [2.45, 2.75) is 53.4 Å². The highest BCUT2D eigenvalue weighted by Gasteiger charge is 2.28. The molecule has 0 aromatic carbocycles. The molecule has 1 fully saturated rings. The fraction of sp³-hybridized carbons (Fsp3) is 0.769. The molecule has 1 heteroatoms. The Hall–Kier alpha value is -0.590. The van der Waals surface area contributed by atoms with Crippen molar-refractivity contribution >= 4 is 5.78 Å². The molecule has 0 radical (unpaired) electrons. The summed E-state index contributed by atoms with van der Waals surface area (Å²) < 4.78 is 0. The SMILES string of the molecule is C=C(C)C1CCCCC1C(C)=O.CC. The fourth-order valence-electron chi connectivity index (χ4n) is 2.21. The van der Waals surface area contributed by atoms with Crippen molar-refractivity contribution in [3.05, 3.63) is 12.2 Å². The number of hydrogen-bond donors (Lipinski definition) is 0. The molecule has 0 saturated heterocycles. The Bertz CT molecular complexity index is 171. The molecule has 1 aliphatic rings. The van der Waals surface area contributed by atoms with Gasteiger partial charge in [0.05, 0.1) is 0 Å². The van der Waals surface area contributed by atoms with E-state index in [1.165, 1.54) is 24.8 Å². The molecule has 0 aromatic heterocycles. The van der Waals surface area contributed by atoms with E-state index >= 15 is 0 Å². The lowest BCUT2D eigenvalue weighted by molar-refractivity contribution is -0.122. The molecule has 0 N–H and O–H groups in total. The molecule has 1 nitrogen and oxygen atoms in total. The zero-order valence-electron chi connectivity index (χ0n) is 10.1. The lowest BCUT2D eigenvalue weighted by Gasteiger charge is -2.29. The first-order chi connectivity index (χ1) is 6.63. The van der Waals surface area contributed by atoms with Crippen LogP contribution >= 0.6 is 0 Å². The minimum Gasteiger partial charge on any atom is -0.300 e. The standard InChI is InChI=1S/C11H18O.C2H6/c1-8(2)10-6-4-5-7-11(10)9(3)12;1-2/h10-11H,1,4-7H2,2-3H3;1-2H3. The second kappa shape index (κ2) is 6.80. The highest BCUT2D eigenvalue weighted by atomic mass is 16.1. The average Bonchev–Trinajstić information content (AvgIpc) is 2.20. The van der Waals surface area contributed by atoms with Crippen LogP contribution in [0.4, 0.5) is 0 Å². The second-order valence-electron chi connectivity index (χ2n) is 3.95. The highest BCUT2D eigenvalue weighted by molar-refractivity contribution is 5.79. The Morgan fingerprint density at radius 3 is 1.79 bits per heavy atom. The maximum Gasteiger partial charge on any atom is 0.133 e. The van der Waals surface area contributed by atoms with E-state index in [1.807, 2.05) is 20.8 Å². The van der Waals surface area contributed by atoms with E-state index in [0.29, 0.717) is 11.7 Å². The van der Waals surface area contributed by atoms with Crippen LogP contribution in [0.15, 0.2) is 12.2 Å². The van der Waals surface area contributed by atoms with Crippen LogP contribution in [-0.2, 0) is 4.79 Å². The maximum absolute atomic E-state index is 11.3. The number of rotatable bonds is 2. The van der Waals surface area contributed by atoms with Gasteiger partial charge < -0.3 is 0 Å². The van der Waals surface area contributed by atoms with Gasteiger partial charge in [-0.2, -0.15) is 0 Å². The van der Waals surface area contributed by atoms with Gasteiger partial charge in [0.2, 0.25) is 0 Å². The molecule has 14 heavy (non-hydrogen) atoms.